The molecule has 0 bridgehead atoms. The van der Waals surface area contributed by atoms with Gasteiger partial charge in [-0.15, -0.1) is 0 Å². The molecule has 0 fully saturated rings. The number of rotatable bonds is 3. The molecule has 0 aliphatic rings. The Morgan fingerprint density at radius 1 is 1.10 bits per heavy atom. The SMILES string of the molecule is CC(Nc1c(Cl)cc(Br)cc1Cl)c1cc2ccccc2o1. The molecule has 0 amide bonds. The van der Waals surface area contributed by atoms with E-state index in [4.69, 9.17) is 27.6 Å². The lowest BCUT2D eigenvalue weighted by Gasteiger charge is -2.16. The molecule has 0 aliphatic heterocycles. The first-order valence-electron chi connectivity index (χ1n) is 6.44. The molecule has 1 atom stereocenters. The maximum absolute atomic E-state index is 6.24. The summed E-state index contributed by atoms with van der Waals surface area (Å²) < 4.78 is 6.69. The molecule has 0 spiro atoms. The lowest BCUT2D eigenvalue weighted by Crippen LogP contribution is -2.06. The third kappa shape index (κ3) is 3.05. The van der Waals surface area contributed by atoms with Crippen LogP contribution in [0.15, 0.2) is 51.4 Å². The molecule has 1 unspecified atom stereocenters. The molecule has 0 saturated carbocycles. The van der Waals surface area contributed by atoms with Crippen LogP contribution < -0.4 is 5.32 Å². The van der Waals surface area contributed by atoms with Crippen molar-refractivity contribution in [1.29, 1.82) is 0 Å². The molecular formula is C16H12BrCl2NO. The average molecular weight is 385 g/mol. The first-order chi connectivity index (χ1) is 10.0. The maximum atomic E-state index is 6.24. The minimum absolute atomic E-state index is 0.0476. The third-order valence-electron chi connectivity index (χ3n) is 3.24. The summed E-state index contributed by atoms with van der Waals surface area (Å²) in [6.07, 6.45) is 0. The normalized spacial score (nSPS) is 12.6. The van der Waals surface area contributed by atoms with Gasteiger partial charge in [0, 0.05) is 9.86 Å². The van der Waals surface area contributed by atoms with Crippen LogP contribution in [0.3, 0.4) is 0 Å². The zero-order chi connectivity index (χ0) is 15.0. The number of halogens is 3. The second kappa shape index (κ2) is 5.91. The van der Waals surface area contributed by atoms with Crippen molar-refractivity contribution in [1.82, 2.24) is 0 Å². The largest absolute Gasteiger partial charge is 0.459 e. The number of benzene rings is 2. The standard InChI is InChI=1S/C16H12BrCl2NO/c1-9(15-6-10-4-2-3-5-14(10)21-15)20-16-12(18)7-11(17)8-13(16)19/h2-9,20H,1H3. The molecule has 1 heterocycles. The summed E-state index contributed by atoms with van der Waals surface area (Å²) in [6.45, 7) is 2.01. The van der Waals surface area contributed by atoms with E-state index in [-0.39, 0.29) is 6.04 Å². The van der Waals surface area contributed by atoms with Crippen molar-refractivity contribution in [3.63, 3.8) is 0 Å². The van der Waals surface area contributed by atoms with Gasteiger partial charge in [0.05, 0.1) is 21.8 Å². The predicted octanol–water partition coefficient (Wildman–Crippen LogP) is 6.68. The monoisotopic (exact) mass is 383 g/mol. The fourth-order valence-corrected chi connectivity index (χ4v) is 3.50. The van der Waals surface area contributed by atoms with Crippen molar-refractivity contribution in [3.8, 4) is 0 Å². The number of furan rings is 1. The molecular weight excluding hydrogens is 373 g/mol. The molecule has 5 heteroatoms. The molecule has 108 valence electrons. The zero-order valence-corrected chi connectivity index (χ0v) is 14.3. The van der Waals surface area contributed by atoms with Gasteiger partial charge >= 0.3 is 0 Å². The van der Waals surface area contributed by atoms with E-state index < -0.39 is 0 Å². The molecule has 1 N–H and O–H groups in total. The van der Waals surface area contributed by atoms with Gasteiger partial charge in [-0.3, -0.25) is 0 Å². The summed E-state index contributed by atoms with van der Waals surface area (Å²) in [5.41, 5.74) is 1.57. The highest BCUT2D eigenvalue weighted by Gasteiger charge is 2.15. The highest BCUT2D eigenvalue weighted by molar-refractivity contribution is 9.10. The Bertz CT molecular complexity index is 744. The number of anilines is 1. The van der Waals surface area contributed by atoms with Crippen LogP contribution in [0.25, 0.3) is 11.0 Å². The van der Waals surface area contributed by atoms with Gasteiger partial charge in [0.2, 0.25) is 0 Å². The van der Waals surface area contributed by atoms with Gasteiger partial charge in [-0.25, -0.2) is 0 Å². The summed E-state index contributed by atoms with van der Waals surface area (Å²) in [7, 11) is 0. The number of hydrogen-bond donors (Lipinski definition) is 1. The van der Waals surface area contributed by atoms with Gasteiger partial charge in [-0.2, -0.15) is 0 Å². The van der Waals surface area contributed by atoms with Gasteiger partial charge in [-0.05, 0) is 31.2 Å². The zero-order valence-electron chi connectivity index (χ0n) is 11.2. The van der Waals surface area contributed by atoms with E-state index in [1.54, 1.807) is 12.1 Å². The van der Waals surface area contributed by atoms with Crippen LogP contribution in [0, 0.1) is 0 Å². The van der Waals surface area contributed by atoms with Crippen molar-refractivity contribution in [2.75, 3.05) is 5.32 Å². The molecule has 1 aromatic heterocycles. The van der Waals surface area contributed by atoms with Gasteiger partial charge in [0.15, 0.2) is 0 Å². The maximum Gasteiger partial charge on any atom is 0.134 e. The summed E-state index contributed by atoms with van der Waals surface area (Å²) in [5, 5.41) is 5.52. The summed E-state index contributed by atoms with van der Waals surface area (Å²) in [6, 6.07) is 13.5. The number of nitrogens with one attached hydrogen (secondary N) is 1. The molecule has 3 rings (SSSR count). The fraction of sp³-hybridized carbons (Fsp3) is 0.125. The van der Waals surface area contributed by atoms with Gasteiger partial charge in [0.25, 0.3) is 0 Å². The van der Waals surface area contributed by atoms with Crippen LogP contribution in [0.4, 0.5) is 5.69 Å². The van der Waals surface area contributed by atoms with Crippen LogP contribution >= 0.6 is 39.1 Å². The highest BCUT2D eigenvalue weighted by Crippen LogP contribution is 2.36. The van der Waals surface area contributed by atoms with Crippen molar-refractivity contribution >= 4 is 55.8 Å². The van der Waals surface area contributed by atoms with Crippen molar-refractivity contribution < 1.29 is 4.42 Å². The Hall–Kier alpha value is -1.16. The van der Waals surface area contributed by atoms with Crippen LogP contribution in [-0.2, 0) is 0 Å². The topological polar surface area (TPSA) is 25.2 Å². The van der Waals surface area contributed by atoms with Gasteiger partial charge < -0.3 is 9.73 Å². The minimum Gasteiger partial charge on any atom is -0.459 e. The Balaban J connectivity index is 1.91. The third-order valence-corrected chi connectivity index (χ3v) is 4.29. The predicted molar refractivity (Wildman–Crippen MR) is 92.4 cm³/mol. The van der Waals surface area contributed by atoms with Gasteiger partial charge in [-0.1, -0.05) is 57.3 Å². The van der Waals surface area contributed by atoms with Gasteiger partial charge in [0.1, 0.15) is 11.3 Å². The highest BCUT2D eigenvalue weighted by atomic mass is 79.9. The Labute approximate surface area is 141 Å². The second-order valence-electron chi connectivity index (χ2n) is 4.80. The van der Waals surface area contributed by atoms with Crippen molar-refractivity contribution in [2.24, 2.45) is 0 Å². The van der Waals surface area contributed by atoms with Crippen LogP contribution in [0.1, 0.15) is 18.7 Å². The lowest BCUT2D eigenvalue weighted by atomic mass is 10.2. The molecule has 0 radical (unpaired) electrons. The molecule has 0 aliphatic carbocycles. The van der Waals surface area contributed by atoms with E-state index in [2.05, 4.69) is 21.2 Å². The lowest BCUT2D eigenvalue weighted by molar-refractivity contribution is 0.526. The van der Waals surface area contributed by atoms with E-state index in [9.17, 15) is 0 Å². The van der Waals surface area contributed by atoms with E-state index >= 15 is 0 Å². The number of fused-ring (bicyclic) bond motifs is 1. The second-order valence-corrected chi connectivity index (χ2v) is 6.53. The first kappa shape index (κ1) is 14.8. The Kier molecular flexibility index (Phi) is 4.16. The molecule has 0 saturated heterocycles. The summed E-state index contributed by atoms with van der Waals surface area (Å²) in [5.74, 6) is 0.839. The van der Waals surface area contributed by atoms with Crippen LogP contribution in [0.5, 0.6) is 0 Å². The Morgan fingerprint density at radius 2 is 1.76 bits per heavy atom. The number of hydrogen-bond acceptors (Lipinski definition) is 2. The minimum atomic E-state index is -0.0476. The first-order valence-corrected chi connectivity index (χ1v) is 7.99. The molecule has 2 aromatic carbocycles. The van der Waals surface area contributed by atoms with E-state index in [1.165, 1.54) is 0 Å². The van der Waals surface area contributed by atoms with E-state index in [1.807, 2.05) is 37.3 Å². The summed E-state index contributed by atoms with van der Waals surface area (Å²) in [4.78, 5) is 0. The Morgan fingerprint density at radius 3 is 2.43 bits per heavy atom. The molecule has 2 nitrogen and oxygen atoms in total. The van der Waals surface area contributed by atoms with E-state index in [0.717, 1.165) is 21.2 Å². The smallest absolute Gasteiger partial charge is 0.134 e. The fourth-order valence-electron chi connectivity index (χ4n) is 2.18. The van der Waals surface area contributed by atoms with Crippen molar-refractivity contribution in [2.45, 2.75) is 13.0 Å². The quantitative estimate of drug-likeness (QED) is 0.545. The van der Waals surface area contributed by atoms with Crippen LogP contribution in [-0.4, -0.2) is 0 Å². The molecule has 21 heavy (non-hydrogen) atoms. The molecule has 3 aromatic rings. The summed E-state index contributed by atoms with van der Waals surface area (Å²) >= 11 is 15.8. The average Bonchev–Trinajstić information content (AvgIpc) is 2.86. The van der Waals surface area contributed by atoms with Crippen molar-refractivity contribution in [3.05, 3.63) is 62.7 Å². The van der Waals surface area contributed by atoms with E-state index in [0.29, 0.717) is 15.7 Å². The number of para-hydroxylation sites is 1. The van der Waals surface area contributed by atoms with Crippen LogP contribution in [0.2, 0.25) is 10.0 Å².